The van der Waals surface area contributed by atoms with Crippen LogP contribution >= 0.6 is 0 Å². The molecule has 0 saturated heterocycles. The first-order valence-electron chi connectivity index (χ1n) is 20.6. The number of fused-ring (bicyclic) bond motifs is 5. The number of hydrogen-bond acceptors (Lipinski definition) is 0. The molecule has 4 aliphatic carbocycles. The molecular weight excluding hydrogens is 901 g/mol. The Labute approximate surface area is 377 Å². The van der Waals surface area contributed by atoms with Crippen molar-refractivity contribution in [2.24, 2.45) is 17.3 Å². The van der Waals surface area contributed by atoms with Crippen LogP contribution in [0.15, 0.2) is 106 Å². The molecule has 320 valence electrons. The predicted molar refractivity (Wildman–Crippen MR) is 227 cm³/mol. The van der Waals surface area contributed by atoms with Crippen molar-refractivity contribution in [1.82, 2.24) is 0 Å². The van der Waals surface area contributed by atoms with Gasteiger partial charge in [-0.2, -0.15) is 0 Å². The van der Waals surface area contributed by atoms with Crippen molar-refractivity contribution < 1.29 is 72.4 Å². The quantitative estimate of drug-likeness (QED) is 0.175. The van der Waals surface area contributed by atoms with E-state index >= 15 is 0 Å². The van der Waals surface area contributed by atoms with Crippen LogP contribution in [0.4, 0.5) is 26.3 Å². The largest absolute Gasteiger partial charge is 1.00 e. The standard InChI is InChI=1S/C25H25.C15H8F6.C12H19.2ClH.Zr/c1-14-12-24(3,4)22-8-16-7-17-9-23-19(15(2)13-25(23,5)6)11-21(17)20(16)10-18(14)22;16-14(17,18)12-5-1-10(2-6-12)9-11-3-7-13(8-4-11)15(19,20)21;1-9(2)10-6-7-11(8-10)12(3,4)5;;;/h7-13H,1-6H3;1-8H;7-10H,1-5H3;2*1H;/q;;;;;+2/p-2. The average molecular weight is 953 g/mol. The molecule has 4 aromatic rings. The van der Waals surface area contributed by atoms with Crippen molar-refractivity contribution in [1.29, 1.82) is 0 Å². The zero-order chi connectivity index (χ0) is 42.9. The summed E-state index contributed by atoms with van der Waals surface area (Å²) in [5, 5.41) is 0. The Morgan fingerprint density at radius 2 is 1.00 bits per heavy atom. The second-order valence-electron chi connectivity index (χ2n) is 19.7. The summed E-state index contributed by atoms with van der Waals surface area (Å²) in [6.07, 6.45) is 0.355. The van der Waals surface area contributed by atoms with Crippen molar-refractivity contribution in [3.63, 3.8) is 0 Å². The Kier molecular flexibility index (Phi) is 12.2. The Bertz CT molecular complexity index is 2440. The van der Waals surface area contributed by atoms with Crippen LogP contribution in [0.3, 0.4) is 0 Å². The Hall–Kier alpha value is -3.25. The van der Waals surface area contributed by atoms with Crippen molar-refractivity contribution >= 4 is 14.4 Å². The third-order valence-electron chi connectivity index (χ3n) is 13.2. The van der Waals surface area contributed by atoms with Gasteiger partial charge in [-0.25, -0.2) is 0 Å². The minimum absolute atomic E-state index is 0. The maximum absolute atomic E-state index is 14.1. The molecule has 9 heteroatoms. The molecular formula is C52H52Cl2F6Zr. The zero-order valence-corrected chi connectivity index (χ0v) is 40.5. The van der Waals surface area contributed by atoms with Gasteiger partial charge in [-0.1, -0.05) is 0 Å². The molecule has 0 spiro atoms. The molecule has 0 aliphatic heterocycles. The van der Waals surface area contributed by atoms with Gasteiger partial charge >= 0.3 is 355 Å². The number of rotatable bonds is 5. The Balaban J connectivity index is 0.00000311. The summed E-state index contributed by atoms with van der Waals surface area (Å²) in [7, 11) is 0. The molecule has 0 radical (unpaired) electrons. The molecule has 0 heterocycles. The Morgan fingerprint density at radius 3 is 1.34 bits per heavy atom. The van der Waals surface area contributed by atoms with Gasteiger partial charge in [0.2, 0.25) is 0 Å². The van der Waals surface area contributed by atoms with E-state index in [1.165, 1.54) is 64.5 Å². The van der Waals surface area contributed by atoms with E-state index in [1.807, 2.05) is 0 Å². The van der Waals surface area contributed by atoms with Crippen molar-refractivity contribution in [3.05, 3.63) is 162 Å². The maximum atomic E-state index is 14.1. The van der Waals surface area contributed by atoms with Crippen LogP contribution in [0, 0.1) is 17.3 Å². The van der Waals surface area contributed by atoms with Gasteiger partial charge < -0.3 is 24.8 Å². The van der Waals surface area contributed by atoms with E-state index < -0.39 is 44.7 Å². The third-order valence-corrected chi connectivity index (χ3v) is 21.6. The summed E-state index contributed by atoms with van der Waals surface area (Å²) in [6, 6.07) is 20.3. The second-order valence-corrected chi connectivity index (χ2v) is 25.8. The van der Waals surface area contributed by atoms with Crippen LogP contribution in [0.2, 0.25) is 0 Å². The molecule has 0 aromatic heterocycles. The molecule has 8 rings (SSSR count). The molecule has 4 aliphatic rings. The molecule has 0 bridgehead atoms. The number of benzene rings is 4. The fraction of sp³-hybridized carbons (Fsp3) is 0.365. The van der Waals surface area contributed by atoms with Crippen LogP contribution in [0.25, 0.3) is 22.3 Å². The fourth-order valence-corrected chi connectivity index (χ4v) is 20.2. The van der Waals surface area contributed by atoms with Gasteiger partial charge in [-0.3, -0.25) is 0 Å². The van der Waals surface area contributed by atoms with Crippen molar-refractivity contribution in [3.8, 4) is 11.1 Å². The molecule has 0 amide bonds. The zero-order valence-electron chi connectivity index (χ0n) is 36.5. The number of hydrogen-bond donors (Lipinski definition) is 0. The molecule has 1 unspecified atom stereocenters. The summed E-state index contributed by atoms with van der Waals surface area (Å²) >= 11 is -3.72. The minimum atomic E-state index is -4.54. The van der Waals surface area contributed by atoms with E-state index in [9.17, 15) is 26.3 Å². The van der Waals surface area contributed by atoms with Crippen LogP contribution < -0.4 is 24.8 Å². The predicted octanol–water partition coefficient (Wildman–Crippen LogP) is 9.22. The first-order valence-corrected chi connectivity index (χ1v) is 24.5. The van der Waals surface area contributed by atoms with E-state index in [4.69, 9.17) is 0 Å². The number of halogens is 8. The molecule has 4 aromatic carbocycles. The van der Waals surface area contributed by atoms with Crippen molar-refractivity contribution in [2.75, 3.05) is 0 Å². The first kappa shape index (κ1) is 47.2. The van der Waals surface area contributed by atoms with Gasteiger partial charge in [0.05, 0.1) is 0 Å². The molecule has 0 nitrogen and oxygen atoms in total. The summed E-state index contributed by atoms with van der Waals surface area (Å²) < 4.78 is 87.0. The maximum Gasteiger partial charge on any atom is -1.00 e. The van der Waals surface area contributed by atoms with E-state index in [2.05, 4.69) is 125 Å². The number of alkyl halides is 6. The van der Waals surface area contributed by atoms with E-state index in [0.29, 0.717) is 11.1 Å². The summed E-state index contributed by atoms with van der Waals surface area (Å²) in [5.74, 6) is 0.254. The number of allylic oxidation sites excluding steroid dienone is 8. The normalized spacial score (nSPS) is 18.4. The van der Waals surface area contributed by atoms with E-state index in [1.54, 1.807) is 24.3 Å². The van der Waals surface area contributed by atoms with Gasteiger partial charge in [-0.05, 0) is 0 Å². The molecule has 1 atom stereocenters. The summed E-state index contributed by atoms with van der Waals surface area (Å²) in [4.78, 5) is 0. The van der Waals surface area contributed by atoms with E-state index in [0.717, 1.165) is 27.5 Å². The smallest absolute Gasteiger partial charge is 1.00 e. The van der Waals surface area contributed by atoms with Gasteiger partial charge in [0.1, 0.15) is 0 Å². The van der Waals surface area contributed by atoms with Crippen LogP contribution in [-0.4, -0.2) is 3.21 Å². The van der Waals surface area contributed by atoms with E-state index in [-0.39, 0.29) is 56.5 Å². The van der Waals surface area contributed by atoms with Gasteiger partial charge in [-0.15, -0.1) is 0 Å². The van der Waals surface area contributed by atoms with Crippen LogP contribution in [0.5, 0.6) is 0 Å². The third kappa shape index (κ3) is 8.12. The molecule has 0 fully saturated rings. The SMILES string of the molecule is CC1=CC(C)(C)c2cc3c(cc21)-c1cc2c(cc1[CH]3[Zr+2]([C]1=CC(C(C)(C)C)=CC1C(C)C)=[C](c1ccc(C(F)(F)F)cc1)c1ccc(C(F)(F)F)cc1)C(C)(C)C=C2C.[Cl-].[Cl-]. The average Bonchev–Trinajstić information content (AvgIpc) is 3.83. The summed E-state index contributed by atoms with van der Waals surface area (Å²) in [6.45, 7) is 24.4. The summed E-state index contributed by atoms with van der Waals surface area (Å²) in [5.41, 5.74) is 12.5. The van der Waals surface area contributed by atoms with Gasteiger partial charge in [0.15, 0.2) is 0 Å². The van der Waals surface area contributed by atoms with Crippen LogP contribution in [0.1, 0.15) is 135 Å². The monoisotopic (exact) mass is 950 g/mol. The first-order chi connectivity index (χ1) is 27.3. The topological polar surface area (TPSA) is 0 Å². The fourth-order valence-electron chi connectivity index (χ4n) is 10.2. The Morgan fingerprint density at radius 1 is 0.607 bits per heavy atom. The van der Waals surface area contributed by atoms with Gasteiger partial charge in [0.25, 0.3) is 0 Å². The van der Waals surface area contributed by atoms with Gasteiger partial charge in [0, 0.05) is 0 Å². The minimum Gasteiger partial charge on any atom is -1.00 e. The van der Waals surface area contributed by atoms with Crippen LogP contribution in [-0.2, 0) is 44.4 Å². The molecule has 0 saturated carbocycles. The second kappa shape index (κ2) is 15.8. The van der Waals surface area contributed by atoms with Crippen molar-refractivity contribution in [2.45, 2.75) is 103 Å². The molecule has 0 N–H and O–H groups in total. The molecule has 61 heavy (non-hydrogen) atoms.